The number of aryl methyl sites for hydroxylation is 1. The van der Waals surface area contributed by atoms with Gasteiger partial charge in [-0.3, -0.25) is 4.79 Å². The van der Waals surface area contributed by atoms with Crippen molar-refractivity contribution >= 4 is 33.0 Å². The Morgan fingerprint density at radius 2 is 1.90 bits per heavy atom. The predicted octanol–water partition coefficient (Wildman–Crippen LogP) is 5.18. The molecule has 0 spiro atoms. The normalized spacial score (nSPS) is 11.3. The second-order valence-electron chi connectivity index (χ2n) is 6.72. The van der Waals surface area contributed by atoms with E-state index in [1.807, 2.05) is 44.2 Å². The smallest absolute Gasteiger partial charge is 0.282 e. The molecule has 30 heavy (non-hydrogen) atoms. The summed E-state index contributed by atoms with van der Waals surface area (Å²) >= 11 is 3.43. The molecule has 0 aliphatic carbocycles. The zero-order valence-corrected chi connectivity index (χ0v) is 19.1. The first-order valence-corrected chi connectivity index (χ1v) is 11.0. The molecule has 0 amide bonds. The van der Waals surface area contributed by atoms with Crippen molar-refractivity contribution < 1.29 is 9.47 Å². The molecule has 0 saturated heterocycles. The van der Waals surface area contributed by atoms with Gasteiger partial charge in [0.2, 0.25) is 0 Å². The fourth-order valence-electron chi connectivity index (χ4n) is 3.09. The number of unbranched alkanes of at least 4 members (excludes halogenated alkanes) is 1. The maximum Gasteiger partial charge on any atom is 0.282 e. The van der Waals surface area contributed by atoms with Gasteiger partial charge >= 0.3 is 0 Å². The van der Waals surface area contributed by atoms with Crippen LogP contribution in [0.4, 0.5) is 0 Å². The molecule has 0 bridgehead atoms. The molecule has 0 N–H and O–H groups in total. The number of halogens is 1. The molecule has 0 fully saturated rings. The largest absolute Gasteiger partial charge is 0.494 e. The molecule has 0 unspecified atom stereocenters. The van der Waals surface area contributed by atoms with E-state index in [0.717, 1.165) is 28.6 Å². The van der Waals surface area contributed by atoms with Gasteiger partial charge < -0.3 is 9.47 Å². The minimum absolute atomic E-state index is 0.187. The van der Waals surface area contributed by atoms with Crippen LogP contribution in [0.2, 0.25) is 0 Å². The zero-order chi connectivity index (χ0) is 21.5. The van der Waals surface area contributed by atoms with Gasteiger partial charge in [0, 0.05) is 22.5 Å². The number of aromatic nitrogens is 2. The van der Waals surface area contributed by atoms with Crippen LogP contribution in [0.1, 0.15) is 45.0 Å². The lowest BCUT2D eigenvalue weighted by atomic mass is 10.2. The summed E-state index contributed by atoms with van der Waals surface area (Å²) in [6, 6.07) is 11.1. The average molecular weight is 472 g/mol. The van der Waals surface area contributed by atoms with E-state index in [1.165, 1.54) is 4.68 Å². The minimum Gasteiger partial charge on any atom is -0.494 e. The number of rotatable bonds is 9. The van der Waals surface area contributed by atoms with Gasteiger partial charge in [-0.2, -0.15) is 9.78 Å². The number of fused-ring (bicyclic) bond motifs is 1. The van der Waals surface area contributed by atoms with Crippen molar-refractivity contribution in [2.75, 3.05) is 13.2 Å². The van der Waals surface area contributed by atoms with Crippen LogP contribution in [0.3, 0.4) is 0 Å². The lowest BCUT2D eigenvalue weighted by molar-refractivity contribution is 0.323. The van der Waals surface area contributed by atoms with E-state index >= 15 is 0 Å². The van der Waals surface area contributed by atoms with Crippen LogP contribution in [-0.4, -0.2) is 29.1 Å². The Morgan fingerprint density at radius 3 is 2.63 bits per heavy atom. The van der Waals surface area contributed by atoms with E-state index < -0.39 is 0 Å². The highest BCUT2D eigenvalue weighted by molar-refractivity contribution is 9.10. The van der Waals surface area contributed by atoms with Gasteiger partial charge in [0.05, 0.1) is 30.3 Å². The summed E-state index contributed by atoms with van der Waals surface area (Å²) in [6.07, 6.45) is 4.25. The molecular weight excluding hydrogens is 446 g/mol. The van der Waals surface area contributed by atoms with Crippen LogP contribution >= 0.6 is 15.9 Å². The monoisotopic (exact) mass is 471 g/mol. The molecule has 1 heterocycles. The zero-order valence-electron chi connectivity index (χ0n) is 17.5. The first kappa shape index (κ1) is 22.0. The van der Waals surface area contributed by atoms with E-state index in [1.54, 1.807) is 12.3 Å². The number of hydrogen-bond acceptors (Lipinski definition) is 5. The lowest BCUT2D eigenvalue weighted by Crippen LogP contribution is -2.22. The second-order valence-corrected chi connectivity index (χ2v) is 7.64. The molecule has 0 radical (unpaired) electrons. The second kappa shape index (κ2) is 10.4. The molecule has 1 aromatic heterocycles. The molecule has 158 valence electrons. The Kier molecular flexibility index (Phi) is 7.63. The van der Waals surface area contributed by atoms with Crippen LogP contribution in [0.5, 0.6) is 11.5 Å². The van der Waals surface area contributed by atoms with Gasteiger partial charge in [-0.05, 0) is 50.6 Å². The first-order chi connectivity index (χ1) is 14.6. The van der Waals surface area contributed by atoms with E-state index in [2.05, 4.69) is 28.0 Å². The fraction of sp³-hybridized carbons (Fsp3) is 0.348. The van der Waals surface area contributed by atoms with Crippen molar-refractivity contribution in [2.45, 2.75) is 40.0 Å². The number of benzene rings is 2. The third-order valence-electron chi connectivity index (χ3n) is 4.54. The molecule has 3 rings (SSSR count). The highest BCUT2D eigenvalue weighted by atomic mass is 79.9. The van der Waals surface area contributed by atoms with Gasteiger partial charge in [-0.15, -0.1) is 0 Å². The molecule has 0 aliphatic heterocycles. The standard InChI is InChI=1S/C23H26BrN3O3/c1-4-7-8-22-26-20-12-10-17(24)13-19(20)23(28)27(22)25-15-16-9-11-18(29-5-2)14-21(16)30-6-3/h9-15H,4-8H2,1-3H3. The summed E-state index contributed by atoms with van der Waals surface area (Å²) < 4.78 is 13.5. The maximum atomic E-state index is 13.2. The van der Waals surface area contributed by atoms with Crippen molar-refractivity contribution in [2.24, 2.45) is 5.10 Å². The number of hydrogen-bond donors (Lipinski definition) is 0. The molecule has 6 nitrogen and oxygen atoms in total. The quantitative estimate of drug-likeness (QED) is 0.403. The Hall–Kier alpha value is -2.67. The highest BCUT2D eigenvalue weighted by Gasteiger charge is 2.11. The van der Waals surface area contributed by atoms with Gasteiger partial charge in [-0.25, -0.2) is 4.98 Å². The summed E-state index contributed by atoms with van der Waals surface area (Å²) in [5.41, 5.74) is 1.26. The van der Waals surface area contributed by atoms with Crippen LogP contribution < -0.4 is 15.0 Å². The summed E-state index contributed by atoms with van der Waals surface area (Å²) in [4.78, 5) is 17.9. The van der Waals surface area contributed by atoms with Crippen molar-refractivity contribution in [1.82, 2.24) is 9.66 Å². The van der Waals surface area contributed by atoms with E-state index in [0.29, 0.717) is 42.1 Å². The third kappa shape index (κ3) is 5.08. The Labute approximate surface area is 184 Å². The molecule has 0 aliphatic rings. The maximum absolute atomic E-state index is 13.2. The fourth-order valence-corrected chi connectivity index (χ4v) is 3.45. The summed E-state index contributed by atoms with van der Waals surface area (Å²) in [5.74, 6) is 2.04. The Balaban J connectivity index is 2.08. The molecule has 0 atom stereocenters. The summed E-state index contributed by atoms with van der Waals surface area (Å²) in [6.45, 7) is 7.06. The Bertz CT molecular complexity index is 1110. The number of ether oxygens (including phenoxy) is 2. The number of nitrogens with zero attached hydrogens (tertiary/aromatic N) is 3. The highest BCUT2D eigenvalue weighted by Crippen LogP contribution is 2.24. The molecule has 7 heteroatoms. The lowest BCUT2D eigenvalue weighted by Gasteiger charge is -2.11. The predicted molar refractivity (Wildman–Crippen MR) is 124 cm³/mol. The third-order valence-corrected chi connectivity index (χ3v) is 5.03. The topological polar surface area (TPSA) is 65.7 Å². The molecule has 2 aromatic carbocycles. The van der Waals surface area contributed by atoms with E-state index in [-0.39, 0.29) is 5.56 Å². The molecule has 3 aromatic rings. The molecule has 0 saturated carbocycles. The van der Waals surface area contributed by atoms with Gasteiger partial charge in [0.1, 0.15) is 17.3 Å². The minimum atomic E-state index is -0.187. The van der Waals surface area contributed by atoms with E-state index in [9.17, 15) is 4.79 Å². The van der Waals surface area contributed by atoms with Crippen LogP contribution in [-0.2, 0) is 6.42 Å². The van der Waals surface area contributed by atoms with Crippen molar-refractivity contribution in [3.8, 4) is 11.5 Å². The van der Waals surface area contributed by atoms with Gasteiger partial charge in [0.25, 0.3) is 5.56 Å². The van der Waals surface area contributed by atoms with Crippen molar-refractivity contribution in [3.05, 3.63) is 62.6 Å². The summed E-state index contributed by atoms with van der Waals surface area (Å²) in [7, 11) is 0. The molecular formula is C23H26BrN3O3. The van der Waals surface area contributed by atoms with E-state index in [4.69, 9.17) is 14.5 Å². The van der Waals surface area contributed by atoms with Crippen molar-refractivity contribution in [1.29, 1.82) is 0 Å². The van der Waals surface area contributed by atoms with Crippen LogP contribution in [0, 0.1) is 0 Å². The van der Waals surface area contributed by atoms with Crippen molar-refractivity contribution in [3.63, 3.8) is 0 Å². The van der Waals surface area contributed by atoms with Crippen LogP contribution in [0.25, 0.3) is 10.9 Å². The Morgan fingerprint density at radius 1 is 1.10 bits per heavy atom. The average Bonchev–Trinajstić information content (AvgIpc) is 2.74. The SMILES string of the molecule is CCCCc1nc2ccc(Br)cc2c(=O)n1N=Cc1ccc(OCC)cc1OCC. The van der Waals surface area contributed by atoms with Gasteiger partial charge in [0.15, 0.2) is 0 Å². The van der Waals surface area contributed by atoms with Crippen LogP contribution in [0.15, 0.2) is 50.8 Å². The van der Waals surface area contributed by atoms with Gasteiger partial charge in [-0.1, -0.05) is 29.3 Å². The first-order valence-electron chi connectivity index (χ1n) is 10.2. The summed E-state index contributed by atoms with van der Waals surface area (Å²) in [5, 5.41) is 5.03.